The molecule has 2 aliphatic heterocycles. The summed E-state index contributed by atoms with van der Waals surface area (Å²) in [6.07, 6.45) is -0.0541. The van der Waals surface area contributed by atoms with Gasteiger partial charge >= 0.3 is 5.97 Å². The van der Waals surface area contributed by atoms with E-state index in [0.717, 1.165) is 11.4 Å². The lowest BCUT2D eigenvalue weighted by atomic mass is 10.1. The molecule has 0 bridgehead atoms. The lowest BCUT2D eigenvalue weighted by molar-refractivity contribution is -0.149. The number of rotatable bonds is 2. The average molecular weight is 340 g/mol. The summed E-state index contributed by atoms with van der Waals surface area (Å²) in [7, 11) is -5.16. The van der Waals surface area contributed by atoms with Gasteiger partial charge in [-0.1, -0.05) is 0 Å². The first kappa shape index (κ1) is 16.2. The lowest BCUT2D eigenvalue weighted by Crippen LogP contribution is -2.51. The van der Waals surface area contributed by atoms with E-state index in [1.54, 1.807) is 0 Å². The number of carbonyl (C=O) groups is 2. The van der Waals surface area contributed by atoms with Crippen LogP contribution in [0.5, 0.6) is 0 Å². The van der Waals surface area contributed by atoms with Crippen molar-refractivity contribution in [3.63, 3.8) is 0 Å². The van der Waals surface area contributed by atoms with Gasteiger partial charge in [0.2, 0.25) is 20.0 Å². The largest absolute Gasteiger partial charge is 0.467 e. The molecule has 11 heteroatoms. The zero-order chi connectivity index (χ0) is 16.0. The molecule has 2 atom stereocenters. The summed E-state index contributed by atoms with van der Waals surface area (Å²) in [6, 6.07) is -2.32. The van der Waals surface area contributed by atoms with Gasteiger partial charge in [0.15, 0.2) is 0 Å². The Morgan fingerprint density at radius 2 is 1.52 bits per heavy atom. The standard InChI is InChI=1S/C10H16N2O7S2/c1-11-7(3-5-20(11,15)16)9(13)12-8(10(14)19-2)4-6-21(12,17)18/h7-8H,3-6H2,1-2H3. The number of amides is 1. The van der Waals surface area contributed by atoms with Crippen LogP contribution in [0.4, 0.5) is 0 Å². The first-order chi connectivity index (χ1) is 9.62. The molecule has 2 aliphatic rings. The summed E-state index contributed by atoms with van der Waals surface area (Å²) in [5.74, 6) is -2.29. The molecule has 2 rings (SSSR count). The molecule has 0 aromatic rings. The molecule has 2 unspecified atom stereocenters. The molecule has 0 aromatic carbocycles. The van der Waals surface area contributed by atoms with Gasteiger partial charge < -0.3 is 4.74 Å². The van der Waals surface area contributed by atoms with Crippen molar-refractivity contribution in [1.29, 1.82) is 0 Å². The topological polar surface area (TPSA) is 118 Å². The molecule has 9 nitrogen and oxygen atoms in total. The van der Waals surface area contributed by atoms with Gasteiger partial charge in [0.25, 0.3) is 5.91 Å². The Morgan fingerprint density at radius 3 is 2.00 bits per heavy atom. The first-order valence-corrected chi connectivity index (χ1v) is 9.43. The van der Waals surface area contributed by atoms with Crippen molar-refractivity contribution in [2.24, 2.45) is 0 Å². The van der Waals surface area contributed by atoms with Gasteiger partial charge in [-0.25, -0.2) is 25.9 Å². The van der Waals surface area contributed by atoms with Crippen LogP contribution in [0, 0.1) is 0 Å². The fraction of sp³-hybridized carbons (Fsp3) is 0.800. The van der Waals surface area contributed by atoms with Gasteiger partial charge in [0.05, 0.1) is 18.6 Å². The number of ether oxygens (including phenoxy) is 1. The highest BCUT2D eigenvalue weighted by molar-refractivity contribution is 7.90. The summed E-state index contributed by atoms with van der Waals surface area (Å²) in [5, 5.41) is 0. The van der Waals surface area contributed by atoms with Gasteiger partial charge in [-0.2, -0.15) is 4.31 Å². The van der Waals surface area contributed by atoms with Crippen molar-refractivity contribution in [3.8, 4) is 0 Å². The van der Waals surface area contributed by atoms with E-state index in [0.29, 0.717) is 4.31 Å². The van der Waals surface area contributed by atoms with Crippen LogP contribution in [-0.4, -0.2) is 75.1 Å². The zero-order valence-electron chi connectivity index (χ0n) is 11.6. The Labute approximate surface area is 122 Å². The number of methoxy groups -OCH3 is 1. The molecule has 21 heavy (non-hydrogen) atoms. The summed E-state index contributed by atoms with van der Waals surface area (Å²) >= 11 is 0. The molecular weight excluding hydrogens is 324 g/mol. The number of nitrogens with zero attached hydrogens (tertiary/aromatic N) is 2. The second-order valence-corrected chi connectivity index (χ2v) is 9.03. The summed E-state index contributed by atoms with van der Waals surface area (Å²) in [4.78, 5) is 24.1. The first-order valence-electron chi connectivity index (χ1n) is 6.21. The Morgan fingerprint density at radius 1 is 1.00 bits per heavy atom. The van der Waals surface area contributed by atoms with Gasteiger partial charge in [-0.15, -0.1) is 0 Å². The van der Waals surface area contributed by atoms with Gasteiger partial charge in [0, 0.05) is 7.05 Å². The number of hydrogen-bond donors (Lipinski definition) is 0. The van der Waals surface area contributed by atoms with Crippen molar-refractivity contribution in [1.82, 2.24) is 8.61 Å². The Balaban J connectivity index is 2.34. The number of carbonyl (C=O) groups excluding carboxylic acids is 2. The maximum absolute atomic E-state index is 12.4. The second-order valence-electron chi connectivity index (χ2n) is 4.91. The van der Waals surface area contributed by atoms with Crippen LogP contribution in [0.25, 0.3) is 0 Å². The van der Waals surface area contributed by atoms with Crippen LogP contribution in [0.3, 0.4) is 0 Å². The molecule has 2 heterocycles. The zero-order valence-corrected chi connectivity index (χ0v) is 13.2. The van der Waals surface area contributed by atoms with E-state index in [4.69, 9.17) is 0 Å². The fourth-order valence-electron chi connectivity index (χ4n) is 2.52. The molecule has 0 radical (unpaired) electrons. The molecule has 0 saturated carbocycles. The molecule has 2 saturated heterocycles. The molecule has 0 N–H and O–H groups in total. The van der Waals surface area contributed by atoms with E-state index < -0.39 is 44.0 Å². The van der Waals surface area contributed by atoms with Crippen LogP contribution in [0.2, 0.25) is 0 Å². The molecule has 0 aromatic heterocycles. The van der Waals surface area contributed by atoms with Crippen molar-refractivity contribution in [3.05, 3.63) is 0 Å². The van der Waals surface area contributed by atoms with E-state index >= 15 is 0 Å². The van der Waals surface area contributed by atoms with E-state index in [2.05, 4.69) is 4.74 Å². The van der Waals surface area contributed by atoms with Gasteiger partial charge in [-0.05, 0) is 12.8 Å². The minimum atomic E-state index is -3.93. The van der Waals surface area contributed by atoms with Crippen molar-refractivity contribution < 1.29 is 31.2 Å². The van der Waals surface area contributed by atoms with Crippen LogP contribution in [0.1, 0.15) is 12.8 Å². The minimum Gasteiger partial charge on any atom is -0.467 e. The SMILES string of the molecule is COC(=O)C1CCS(=O)(=O)N1C(=O)C1CCS(=O)(=O)N1C. The Bertz CT molecular complexity index is 670. The number of esters is 1. The molecular formula is C10H16N2O7S2. The fourth-order valence-corrected chi connectivity index (χ4v) is 5.60. The van der Waals surface area contributed by atoms with E-state index in [1.807, 2.05) is 0 Å². The third-order valence-corrected chi connectivity index (χ3v) is 7.40. The third-order valence-electron chi connectivity index (χ3n) is 3.73. The summed E-state index contributed by atoms with van der Waals surface area (Å²) < 4.78 is 53.1. The molecule has 1 amide bonds. The number of hydrogen-bond acceptors (Lipinski definition) is 7. The van der Waals surface area contributed by atoms with Crippen LogP contribution < -0.4 is 0 Å². The van der Waals surface area contributed by atoms with Crippen molar-refractivity contribution >= 4 is 31.9 Å². The molecule has 0 aliphatic carbocycles. The van der Waals surface area contributed by atoms with Gasteiger partial charge in [0.1, 0.15) is 12.1 Å². The van der Waals surface area contributed by atoms with Crippen molar-refractivity contribution in [2.75, 3.05) is 25.7 Å². The summed E-state index contributed by atoms with van der Waals surface area (Å²) in [5.41, 5.74) is 0. The Hall–Kier alpha value is -1.20. The predicted octanol–water partition coefficient (Wildman–Crippen LogP) is -1.88. The highest BCUT2D eigenvalue weighted by atomic mass is 32.2. The molecule has 120 valence electrons. The van der Waals surface area contributed by atoms with Crippen LogP contribution >= 0.6 is 0 Å². The smallest absolute Gasteiger partial charge is 0.329 e. The second kappa shape index (κ2) is 5.21. The van der Waals surface area contributed by atoms with Crippen LogP contribution in [0.15, 0.2) is 0 Å². The van der Waals surface area contributed by atoms with E-state index in [1.165, 1.54) is 7.05 Å². The van der Waals surface area contributed by atoms with E-state index in [-0.39, 0.29) is 24.3 Å². The van der Waals surface area contributed by atoms with Crippen LogP contribution in [-0.2, 0) is 34.4 Å². The molecule has 0 spiro atoms. The maximum atomic E-state index is 12.4. The molecule has 2 fully saturated rings. The predicted molar refractivity (Wildman–Crippen MR) is 71.0 cm³/mol. The summed E-state index contributed by atoms with van der Waals surface area (Å²) in [6.45, 7) is 0. The number of sulfonamides is 2. The maximum Gasteiger partial charge on any atom is 0.329 e. The lowest BCUT2D eigenvalue weighted by Gasteiger charge is -2.26. The highest BCUT2D eigenvalue weighted by Gasteiger charge is 2.50. The van der Waals surface area contributed by atoms with E-state index in [9.17, 15) is 26.4 Å². The Kier molecular flexibility index (Phi) is 4.02. The quantitative estimate of drug-likeness (QED) is 0.540. The minimum absolute atomic E-state index is 0.00240. The normalized spacial score (nSPS) is 31.2. The highest BCUT2D eigenvalue weighted by Crippen LogP contribution is 2.28. The average Bonchev–Trinajstić information content (AvgIpc) is 2.85. The third kappa shape index (κ3) is 2.64. The van der Waals surface area contributed by atoms with Gasteiger partial charge in [-0.3, -0.25) is 4.79 Å². The van der Waals surface area contributed by atoms with Crippen molar-refractivity contribution in [2.45, 2.75) is 24.9 Å². The number of likely N-dealkylation sites (N-methyl/N-ethyl adjacent to an activating group) is 1. The monoisotopic (exact) mass is 340 g/mol.